The Balaban J connectivity index is 2.20. The van der Waals surface area contributed by atoms with Gasteiger partial charge in [-0.2, -0.15) is 0 Å². The average Bonchev–Trinajstić information content (AvgIpc) is 2.50. The van der Waals surface area contributed by atoms with Crippen LogP contribution in [-0.4, -0.2) is 49.6 Å². The molecular weight excluding hydrogens is 292 g/mol. The topological polar surface area (TPSA) is 55.4 Å². The number of anilines is 1. The number of carbonyl (C=O) groups is 2. The van der Waals surface area contributed by atoms with Crippen LogP contribution in [0.1, 0.15) is 30.4 Å². The van der Waals surface area contributed by atoms with Gasteiger partial charge in [0.25, 0.3) is 5.91 Å². The number of nitrogens with one attached hydrogen (secondary N) is 1. The second kappa shape index (κ2) is 7.13. The normalized spacial score (nSPS) is 24.1. The second-order valence-corrected chi connectivity index (χ2v) is 6.70. The number of hydrogen-bond acceptors (Lipinski definition) is 3. The van der Waals surface area contributed by atoms with Crippen LogP contribution < -0.4 is 5.32 Å². The van der Waals surface area contributed by atoms with Gasteiger partial charge >= 0.3 is 5.97 Å². The number of likely N-dealkylation sites (N-methyl/N-ethyl adjacent to an activating group) is 1. The van der Waals surface area contributed by atoms with E-state index in [1.165, 1.54) is 7.11 Å². The molecule has 0 aromatic heterocycles. The molecule has 0 saturated carbocycles. The first-order valence-electron chi connectivity index (χ1n) is 8.15. The van der Waals surface area contributed by atoms with Crippen molar-refractivity contribution in [3.05, 3.63) is 29.3 Å². The number of nitrogens with zero attached hydrogens (tertiary/aromatic N) is 1. The molecular formula is C18H27N2O3+. The van der Waals surface area contributed by atoms with Crippen LogP contribution in [0.25, 0.3) is 0 Å². The molecule has 0 bridgehead atoms. The lowest BCUT2D eigenvalue weighted by molar-refractivity contribution is -0.922. The molecule has 1 fully saturated rings. The van der Waals surface area contributed by atoms with Crippen LogP contribution in [0.15, 0.2) is 18.2 Å². The van der Waals surface area contributed by atoms with Crippen molar-refractivity contribution in [1.29, 1.82) is 0 Å². The highest BCUT2D eigenvalue weighted by Crippen LogP contribution is 2.27. The molecule has 2 atom stereocenters. The molecule has 1 aromatic rings. The molecule has 23 heavy (non-hydrogen) atoms. The van der Waals surface area contributed by atoms with Crippen molar-refractivity contribution in [2.24, 2.45) is 0 Å². The summed E-state index contributed by atoms with van der Waals surface area (Å²) in [6.07, 6.45) is 2.84. The molecule has 2 rings (SSSR count). The number of para-hydroxylation sites is 1. The Kier molecular flexibility index (Phi) is 5.42. The van der Waals surface area contributed by atoms with Crippen molar-refractivity contribution in [1.82, 2.24) is 0 Å². The summed E-state index contributed by atoms with van der Waals surface area (Å²) in [6, 6.07) is 5.75. The van der Waals surface area contributed by atoms with Gasteiger partial charge in [-0.05, 0) is 37.8 Å². The van der Waals surface area contributed by atoms with Crippen LogP contribution in [0, 0.1) is 13.8 Å². The van der Waals surface area contributed by atoms with E-state index in [0.717, 1.165) is 42.6 Å². The molecule has 0 radical (unpaired) electrons. The molecule has 0 spiro atoms. The van der Waals surface area contributed by atoms with Crippen LogP contribution >= 0.6 is 0 Å². The van der Waals surface area contributed by atoms with Crippen molar-refractivity contribution in [3.63, 3.8) is 0 Å². The first-order chi connectivity index (χ1) is 10.9. The van der Waals surface area contributed by atoms with Crippen LogP contribution in [0.3, 0.4) is 0 Å². The smallest absolute Gasteiger partial charge is 0.361 e. The van der Waals surface area contributed by atoms with Crippen LogP contribution in [-0.2, 0) is 14.3 Å². The van der Waals surface area contributed by atoms with E-state index in [1.54, 1.807) is 0 Å². The highest BCUT2D eigenvalue weighted by molar-refractivity contribution is 5.95. The van der Waals surface area contributed by atoms with E-state index in [1.807, 2.05) is 39.1 Å². The fraction of sp³-hybridized carbons (Fsp3) is 0.556. The zero-order chi connectivity index (χ0) is 17.0. The highest BCUT2D eigenvalue weighted by atomic mass is 16.5. The minimum Gasteiger partial charge on any atom is -0.465 e. The van der Waals surface area contributed by atoms with Gasteiger partial charge in [0.15, 0.2) is 12.6 Å². The minimum absolute atomic E-state index is 0.00602. The summed E-state index contributed by atoms with van der Waals surface area (Å²) < 4.78 is 5.24. The molecule has 1 saturated heterocycles. The Morgan fingerprint density at radius 3 is 2.52 bits per heavy atom. The first kappa shape index (κ1) is 17.5. The largest absolute Gasteiger partial charge is 0.465 e. The fourth-order valence-corrected chi connectivity index (χ4v) is 3.46. The molecule has 126 valence electrons. The molecule has 1 aliphatic rings. The van der Waals surface area contributed by atoms with Gasteiger partial charge in [-0.25, -0.2) is 4.79 Å². The van der Waals surface area contributed by atoms with Gasteiger partial charge in [-0.15, -0.1) is 0 Å². The van der Waals surface area contributed by atoms with Crippen LogP contribution in [0.2, 0.25) is 0 Å². The number of amides is 1. The molecule has 1 N–H and O–H groups in total. The predicted molar refractivity (Wildman–Crippen MR) is 90.1 cm³/mol. The third-order valence-electron chi connectivity index (χ3n) is 4.90. The molecule has 1 heterocycles. The minimum atomic E-state index is -0.265. The quantitative estimate of drug-likeness (QED) is 0.685. The van der Waals surface area contributed by atoms with Gasteiger partial charge in [0.05, 0.1) is 20.7 Å². The first-order valence-corrected chi connectivity index (χ1v) is 8.15. The molecule has 1 amide bonds. The molecule has 5 nitrogen and oxygen atoms in total. The number of piperidine rings is 1. The number of esters is 1. The summed E-state index contributed by atoms with van der Waals surface area (Å²) in [5, 5.41) is 3.09. The summed E-state index contributed by atoms with van der Waals surface area (Å²) >= 11 is 0. The fourth-order valence-electron chi connectivity index (χ4n) is 3.46. The molecule has 0 aliphatic carbocycles. The number of ether oxygens (including phenoxy) is 1. The van der Waals surface area contributed by atoms with Gasteiger partial charge in [-0.1, -0.05) is 18.2 Å². The summed E-state index contributed by atoms with van der Waals surface area (Å²) in [5.41, 5.74) is 2.99. The maximum Gasteiger partial charge on any atom is 0.361 e. The van der Waals surface area contributed by atoms with Crippen molar-refractivity contribution in [2.45, 2.75) is 39.2 Å². The Morgan fingerprint density at radius 1 is 1.26 bits per heavy atom. The summed E-state index contributed by atoms with van der Waals surface area (Å²) in [7, 11) is 3.37. The molecule has 0 unspecified atom stereocenters. The summed E-state index contributed by atoms with van der Waals surface area (Å²) in [6.45, 7) is 5.04. The number of aryl methyl sites for hydroxylation is 2. The predicted octanol–water partition coefficient (Wildman–Crippen LogP) is 2.41. The monoisotopic (exact) mass is 319 g/mol. The maximum absolute atomic E-state index is 12.9. The van der Waals surface area contributed by atoms with Crippen molar-refractivity contribution in [2.75, 3.05) is 32.6 Å². The van der Waals surface area contributed by atoms with Gasteiger partial charge < -0.3 is 14.5 Å². The number of rotatable bonds is 4. The summed E-state index contributed by atoms with van der Waals surface area (Å²) in [5.74, 6) is -0.271. The number of hydrogen-bond donors (Lipinski definition) is 1. The number of quaternary nitrogens is 1. The lowest BCUT2D eigenvalue weighted by Crippen LogP contribution is -2.61. The Hall–Kier alpha value is -1.88. The third-order valence-corrected chi connectivity index (χ3v) is 4.90. The number of likely N-dealkylation sites (tertiary alicyclic amines) is 1. The Morgan fingerprint density at radius 2 is 1.91 bits per heavy atom. The lowest BCUT2D eigenvalue weighted by Gasteiger charge is -2.42. The van der Waals surface area contributed by atoms with Crippen molar-refractivity contribution >= 4 is 17.6 Å². The van der Waals surface area contributed by atoms with E-state index >= 15 is 0 Å². The van der Waals surface area contributed by atoms with E-state index in [4.69, 9.17) is 4.74 Å². The number of benzene rings is 1. The molecule has 5 heteroatoms. The van der Waals surface area contributed by atoms with E-state index in [0.29, 0.717) is 4.48 Å². The van der Waals surface area contributed by atoms with Crippen molar-refractivity contribution < 1.29 is 18.8 Å². The van der Waals surface area contributed by atoms with E-state index in [-0.39, 0.29) is 24.5 Å². The zero-order valence-electron chi connectivity index (χ0n) is 14.5. The Labute approximate surface area is 138 Å². The number of methoxy groups -OCH3 is 1. The SMILES string of the molecule is COC(=O)C[N@@+]1(C)CCCC[C@H]1C(=O)Nc1c(C)cccc1C. The zero-order valence-corrected chi connectivity index (χ0v) is 14.5. The number of carbonyl (C=O) groups excluding carboxylic acids is 2. The molecule has 1 aromatic carbocycles. The van der Waals surface area contributed by atoms with E-state index < -0.39 is 0 Å². The second-order valence-electron chi connectivity index (χ2n) is 6.70. The van der Waals surface area contributed by atoms with E-state index in [9.17, 15) is 9.59 Å². The third kappa shape index (κ3) is 3.91. The van der Waals surface area contributed by atoms with Crippen LogP contribution in [0.5, 0.6) is 0 Å². The van der Waals surface area contributed by atoms with Gasteiger partial charge in [0.2, 0.25) is 0 Å². The maximum atomic E-state index is 12.9. The van der Waals surface area contributed by atoms with Crippen LogP contribution in [0.4, 0.5) is 5.69 Å². The highest BCUT2D eigenvalue weighted by Gasteiger charge is 2.42. The Bertz CT molecular complexity index is 580. The molecule has 1 aliphatic heterocycles. The van der Waals surface area contributed by atoms with Gasteiger partial charge in [0.1, 0.15) is 0 Å². The lowest BCUT2D eigenvalue weighted by atomic mass is 9.97. The summed E-state index contributed by atoms with van der Waals surface area (Å²) in [4.78, 5) is 24.6. The van der Waals surface area contributed by atoms with Gasteiger partial charge in [0, 0.05) is 12.1 Å². The van der Waals surface area contributed by atoms with Crippen molar-refractivity contribution in [3.8, 4) is 0 Å². The van der Waals surface area contributed by atoms with Gasteiger partial charge in [-0.3, -0.25) is 4.79 Å². The standard InChI is InChI=1S/C18H26N2O3/c1-13-8-7-9-14(2)17(13)19-18(22)15-10-5-6-11-20(15,3)12-16(21)23-4/h7-9,15H,5-6,10-12H2,1-4H3/p+1/t15-,20+/m0/s1. The van der Waals surface area contributed by atoms with E-state index in [2.05, 4.69) is 5.32 Å². The average molecular weight is 319 g/mol.